The fraction of sp³-hybridized carbons (Fsp3) is 0.167. The molecule has 1 radical (unpaired) electrons. The molecule has 0 atom stereocenters. The Hall–Kier alpha value is -1.75. The van der Waals surface area contributed by atoms with Gasteiger partial charge in [0.1, 0.15) is 0 Å². The normalized spacial score (nSPS) is 11.0. The Kier molecular flexibility index (Phi) is 10.4. The van der Waals surface area contributed by atoms with Gasteiger partial charge in [-0.25, -0.2) is 24.9 Å². The Morgan fingerprint density at radius 2 is 1.89 bits per heavy atom. The number of ketones is 1. The first-order valence-corrected chi connectivity index (χ1v) is 11.8. The number of Topliss-reactive ketones (excluding diaryl/α,β-unsaturated/α-hetero) is 1. The van der Waals surface area contributed by atoms with Crippen molar-refractivity contribution < 1.29 is 24.2 Å². The number of aromatic nitrogens is 1. The van der Waals surface area contributed by atoms with E-state index in [4.69, 9.17) is 36.4 Å². The van der Waals surface area contributed by atoms with Crippen LogP contribution in [-0.4, -0.2) is 46.7 Å². The molecule has 2 rings (SSSR count). The number of carbonyl (C=O) groups is 3. The second-order valence-electron chi connectivity index (χ2n) is 5.12. The van der Waals surface area contributed by atoms with Gasteiger partial charge in [-0.1, -0.05) is 24.3 Å². The van der Waals surface area contributed by atoms with E-state index >= 15 is 0 Å². The monoisotopic (exact) mass is 458 g/mol. The van der Waals surface area contributed by atoms with Gasteiger partial charge in [0.25, 0.3) is 5.24 Å². The third-order valence-electron chi connectivity index (χ3n) is 3.48. The number of carbonyl (C=O) groups excluding carboxylic acids is 3. The molecule has 0 aliphatic rings. The highest BCUT2D eigenvalue weighted by atomic mass is 35.7. The van der Waals surface area contributed by atoms with Crippen molar-refractivity contribution in [2.75, 3.05) is 6.61 Å². The van der Waals surface area contributed by atoms with Crippen LogP contribution in [0.4, 0.5) is 0 Å². The van der Waals surface area contributed by atoms with Gasteiger partial charge in [0.2, 0.25) is 5.78 Å². The minimum absolute atomic E-state index is 0.0327. The van der Waals surface area contributed by atoms with Crippen molar-refractivity contribution in [3.63, 3.8) is 0 Å². The third-order valence-corrected chi connectivity index (χ3v) is 3.66. The number of benzene rings is 1. The first-order valence-electron chi connectivity index (χ1n) is 7.90. The van der Waals surface area contributed by atoms with E-state index in [0.717, 1.165) is 10.9 Å². The number of rotatable bonds is 7. The van der Waals surface area contributed by atoms with Gasteiger partial charge >= 0.3 is 19.3 Å². The van der Waals surface area contributed by atoms with Crippen molar-refractivity contribution >= 4 is 73.0 Å². The smallest absolute Gasteiger partial charge is 0.495 e. The Balaban J connectivity index is 0.00000122. The lowest BCUT2D eigenvalue weighted by atomic mass is 10.1. The van der Waals surface area contributed by atoms with Crippen LogP contribution in [0.15, 0.2) is 54.3 Å². The van der Waals surface area contributed by atoms with Crippen molar-refractivity contribution in [1.82, 2.24) is 4.57 Å². The highest BCUT2D eigenvalue weighted by Crippen LogP contribution is 2.24. The molecule has 10 heteroatoms. The molecule has 1 N–H and O–H groups in total. The number of fused-ring (bicyclic) bond motifs is 1. The average Bonchev–Trinajstić information content (AvgIpc) is 3.02. The number of esters is 1. The number of aliphatic hydroxyl groups is 1. The van der Waals surface area contributed by atoms with Crippen LogP contribution in [0.1, 0.15) is 17.4 Å². The summed E-state index contributed by atoms with van der Waals surface area (Å²) in [6.45, 7) is 5.45. The summed E-state index contributed by atoms with van der Waals surface area (Å²) in [5.41, 5.74) is 0.0502. The summed E-state index contributed by atoms with van der Waals surface area (Å²) in [5.74, 6) is -3.11. The van der Waals surface area contributed by atoms with Gasteiger partial charge in [0.15, 0.2) is 11.3 Å². The lowest BCUT2D eigenvalue weighted by Gasteiger charge is -2.10. The second kappa shape index (κ2) is 12.0. The van der Waals surface area contributed by atoms with Crippen LogP contribution in [0.25, 0.3) is 10.9 Å². The molecular formula is C18H16AlCl3NO5. The molecule has 28 heavy (non-hydrogen) atoms. The average molecular weight is 460 g/mol. The Morgan fingerprint density at radius 1 is 1.29 bits per heavy atom. The summed E-state index contributed by atoms with van der Waals surface area (Å²) in [5, 5.41) is 9.30. The molecule has 0 spiro atoms. The van der Waals surface area contributed by atoms with Crippen molar-refractivity contribution in [1.29, 1.82) is 0 Å². The summed E-state index contributed by atoms with van der Waals surface area (Å²) in [6, 6.07) is 8.77. The fourth-order valence-electron chi connectivity index (χ4n) is 2.45. The van der Waals surface area contributed by atoms with Gasteiger partial charge in [0.05, 0.1) is 12.3 Å². The topological polar surface area (TPSA) is 85.6 Å². The van der Waals surface area contributed by atoms with Gasteiger partial charge in [-0.15, -0.1) is 6.58 Å². The van der Waals surface area contributed by atoms with Crippen LogP contribution in [-0.2, 0) is 20.9 Å². The molecule has 0 fully saturated rings. The van der Waals surface area contributed by atoms with E-state index < -0.39 is 28.3 Å². The molecule has 1 aromatic heterocycles. The van der Waals surface area contributed by atoms with Crippen LogP contribution < -0.4 is 0 Å². The molecule has 0 bridgehead atoms. The number of allylic oxidation sites excluding steroid dienone is 2. The Morgan fingerprint density at radius 3 is 2.43 bits per heavy atom. The van der Waals surface area contributed by atoms with E-state index in [2.05, 4.69) is 6.58 Å². The summed E-state index contributed by atoms with van der Waals surface area (Å²) >= 11 is 4.94. The Labute approximate surface area is 181 Å². The first-order chi connectivity index (χ1) is 13.3. The zero-order valence-electron chi connectivity index (χ0n) is 14.8. The van der Waals surface area contributed by atoms with Gasteiger partial charge in [-0.05, 0) is 30.7 Å². The number of nitrogens with zero attached hydrogens (tertiary/aromatic N) is 1. The van der Waals surface area contributed by atoms with Gasteiger partial charge < -0.3 is 14.4 Å². The summed E-state index contributed by atoms with van der Waals surface area (Å²) < 4.78 is 6.39. The number of ether oxygens (including phenoxy) is 1. The predicted molar refractivity (Wildman–Crippen MR) is 111 cm³/mol. The summed E-state index contributed by atoms with van der Waals surface area (Å²) in [6.07, 6.45) is 1.59. The third kappa shape index (κ3) is 5.87. The van der Waals surface area contributed by atoms with Crippen molar-refractivity contribution in [3.8, 4) is 0 Å². The number of halogens is 3. The lowest BCUT2D eigenvalue weighted by molar-refractivity contribution is -0.138. The molecular weight excluding hydrogens is 444 g/mol. The van der Waals surface area contributed by atoms with Crippen LogP contribution in [0.3, 0.4) is 0 Å². The first kappa shape index (κ1) is 24.3. The van der Waals surface area contributed by atoms with E-state index in [-0.39, 0.29) is 25.7 Å². The molecule has 0 saturated carbocycles. The molecule has 6 nitrogen and oxygen atoms in total. The second-order valence-corrected chi connectivity index (χ2v) is 7.60. The van der Waals surface area contributed by atoms with Crippen molar-refractivity contribution in [3.05, 3.63) is 60.0 Å². The number of aliphatic hydroxyl groups excluding tert-OH is 1. The van der Waals surface area contributed by atoms with E-state index in [0.29, 0.717) is 6.54 Å². The van der Waals surface area contributed by atoms with E-state index in [9.17, 15) is 19.5 Å². The lowest BCUT2D eigenvalue weighted by Crippen LogP contribution is -2.22. The fourth-order valence-corrected chi connectivity index (χ4v) is 2.55. The zero-order chi connectivity index (χ0) is 21.3. The van der Waals surface area contributed by atoms with Crippen molar-refractivity contribution in [2.24, 2.45) is 0 Å². The van der Waals surface area contributed by atoms with Crippen LogP contribution in [0.5, 0.6) is 0 Å². The van der Waals surface area contributed by atoms with Gasteiger partial charge in [-0.2, -0.15) is 0 Å². The number of hydrogen-bond donors (Lipinski definition) is 1. The number of hydrogen-bond acceptors (Lipinski definition) is 5. The largest absolute Gasteiger partial charge is 0.503 e. The Bertz CT molecular complexity index is 923. The maximum Gasteiger partial charge on any atom is 0.495 e. The highest BCUT2D eigenvalue weighted by molar-refractivity contribution is 7.22. The summed E-state index contributed by atoms with van der Waals surface area (Å²) in [4.78, 5) is 36.3. The SMILES string of the molecule is C=CCn1c(C(=O)/C(C(=O)OCC)=C(\O)C(=O)Cl)cc2ccccc21.[Cl][Al][Cl]. The summed E-state index contributed by atoms with van der Waals surface area (Å²) in [7, 11) is 9.69. The molecule has 2 aromatic rings. The minimum atomic E-state index is -1.32. The molecule has 1 aromatic carbocycles. The standard InChI is InChI=1S/C18H16ClNO5.Al.2ClH/c1-3-9-20-12-8-6-5-7-11(12)10-13(20)15(21)14(16(22)17(19)23)18(24)25-4-2;;;/h3,5-8,10,22H,1,4,9H2,2H3;;2*1H/q;+2;;/p-2/b16-14+;;;. The molecule has 0 saturated heterocycles. The molecule has 0 unspecified atom stereocenters. The molecule has 0 aliphatic heterocycles. The van der Waals surface area contributed by atoms with Crippen LogP contribution in [0.2, 0.25) is 0 Å². The maximum absolute atomic E-state index is 12.9. The van der Waals surface area contributed by atoms with Crippen molar-refractivity contribution in [2.45, 2.75) is 13.5 Å². The van der Waals surface area contributed by atoms with Crippen LogP contribution in [0, 0.1) is 0 Å². The number of para-hydroxylation sites is 1. The zero-order valence-corrected chi connectivity index (χ0v) is 18.2. The van der Waals surface area contributed by atoms with E-state index in [1.807, 2.05) is 0 Å². The van der Waals surface area contributed by atoms with E-state index in [1.54, 1.807) is 41.0 Å². The van der Waals surface area contributed by atoms with Crippen LogP contribution >= 0.6 is 31.7 Å². The van der Waals surface area contributed by atoms with E-state index in [1.165, 1.54) is 6.92 Å². The molecule has 0 aliphatic carbocycles. The quantitative estimate of drug-likeness (QED) is 0.0774. The molecule has 0 amide bonds. The maximum atomic E-state index is 12.9. The molecule has 147 valence electrons. The van der Waals surface area contributed by atoms with Gasteiger partial charge in [-0.3, -0.25) is 9.59 Å². The van der Waals surface area contributed by atoms with Gasteiger partial charge in [0, 0.05) is 17.4 Å². The predicted octanol–water partition coefficient (Wildman–Crippen LogP) is 4.15. The highest BCUT2D eigenvalue weighted by Gasteiger charge is 2.31. The minimum Gasteiger partial charge on any atom is -0.503 e. The molecule has 1 heterocycles.